The molecular weight excluding hydrogens is 468 g/mol. The highest BCUT2D eigenvalue weighted by molar-refractivity contribution is 5.96. The minimum atomic E-state index is -0.0787. The summed E-state index contributed by atoms with van der Waals surface area (Å²) < 4.78 is 2.07. The highest BCUT2D eigenvalue weighted by atomic mass is 16.1. The van der Waals surface area contributed by atoms with Crippen LogP contribution in [0.2, 0.25) is 0 Å². The maximum atomic E-state index is 12.9. The molecule has 6 rings (SSSR count). The summed E-state index contributed by atoms with van der Waals surface area (Å²) in [6.07, 6.45) is 5.19. The van der Waals surface area contributed by atoms with E-state index in [1.807, 2.05) is 54.7 Å². The zero-order chi connectivity index (χ0) is 26.3. The van der Waals surface area contributed by atoms with Crippen molar-refractivity contribution in [1.29, 1.82) is 0 Å². The second kappa shape index (κ2) is 9.27. The van der Waals surface area contributed by atoms with E-state index in [9.17, 15) is 4.79 Å². The molecule has 6 aromatic rings. The van der Waals surface area contributed by atoms with E-state index in [4.69, 9.17) is 4.98 Å². The van der Waals surface area contributed by atoms with E-state index < -0.39 is 0 Å². The zero-order valence-electron chi connectivity index (χ0n) is 21.6. The van der Waals surface area contributed by atoms with Crippen molar-refractivity contribution in [3.05, 3.63) is 125 Å². The molecule has 3 aromatic heterocycles. The zero-order valence-corrected chi connectivity index (χ0v) is 21.6. The summed E-state index contributed by atoms with van der Waals surface area (Å²) in [5.74, 6) is 0.609. The molecule has 5 heteroatoms. The summed E-state index contributed by atoms with van der Waals surface area (Å²) in [5.41, 5.74) is 8.40. The smallest absolute Gasteiger partial charge is 0.192 e. The first-order valence-corrected chi connectivity index (χ1v) is 12.7. The molecule has 0 aliphatic heterocycles. The van der Waals surface area contributed by atoms with Crippen LogP contribution in [0.25, 0.3) is 50.5 Å². The number of imidazole rings is 1. The highest BCUT2D eigenvalue weighted by Gasteiger charge is 2.21. The highest BCUT2D eigenvalue weighted by Crippen LogP contribution is 2.37. The number of H-pyrrole nitrogens is 1. The molecule has 0 aliphatic carbocycles. The lowest BCUT2D eigenvalue weighted by molar-refractivity contribution is 0.590. The van der Waals surface area contributed by atoms with E-state index in [1.54, 1.807) is 12.4 Å². The summed E-state index contributed by atoms with van der Waals surface area (Å²) in [6, 6.07) is 30.5. The minimum Gasteiger partial charge on any atom is -0.367 e. The summed E-state index contributed by atoms with van der Waals surface area (Å²) in [7, 11) is 0. The third-order valence-corrected chi connectivity index (χ3v) is 6.84. The van der Waals surface area contributed by atoms with Crippen LogP contribution in [0.3, 0.4) is 0 Å². The maximum absolute atomic E-state index is 12.9. The molecule has 0 unspecified atom stereocenters. The minimum absolute atomic E-state index is 0.0562. The van der Waals surface area contributed by atoms with Crippen LogP contribution in [0.5, 0.6) is 0 Å². The third kappa shape index (κ3) is 4.22. The van der Waals surface area contributed by atoms with Gasteiger partial charge in [-0.25, -0.2) is 4.98 Å². The second-order valence-electron chi connectivity index (χ2n) is 10.5. The van der Waals surface area contributed by atoms with Gasteiger partial charge in [-0.2, -0.15) is 0 Å². The Kier molecular flexibility index (Phi) is 5.76. The lowest BCUT2D eigenvalue weighted by Crippen LogP contribution is -2.11. The van der Waals surface area contributed by atoms with Gasteiger partial charge in [-0.15, -0.1) is 0 Å². The molecule has 38 heavy (non-hydrogen) atoms. The van der Waals surface area contributed by atoms with Gasteiger partial charge in [0.15, 0.2) is 11.3 Å². The van der Waals surface area contributed by atoms with Crippen LogP contribution in [0.4, 0.5) is 0 Å². The summed E-state index contributed by atoms with van der Waals surface area (Å²) in [4.78, 5) is 25.7. The molecule has 3 aromatic carbocycles. The molecule has 0 saturated carbocycles. The van der Waals surface area contributed by atoms with Crippen LogP contribution in [0, 0.1) is 0 Å². The van der Waals surface area contributed by atoms with Gasteiger partial charge >= 0.3 is 0 Å². The van der Waals surface area contributed by atoms with Crippen LogP contribution in [-0.4, -0.2) is 19.5 Å². The molecule has 1 N–H and O–H groups in total. The number of rotatable bonds is 4. The van der Waals surface area contributed by atoms with Crippen LogP contribution in [0.15, 0.2) is 114 Å². The summed E-state index contributed by atoms with van der Waals surface area (Å²) >= 11 is 0. The molecule has 0 aliphatic rings. The topological polar surface area (TPSA) is 63.6 Å². The standard InChI is InChI=1S/C33H28N4O/c1-33(2,3)24-19-22(18-23(20-24)28-13-7-8-16-35-28)26-12-9-14-29-31(26)36-32(27-21-34-17-15-30(27)38)37(29)25-10-5-4-6-11-25/h4-21H,1-3H3,(H,34,38). The fourth-order valence-corrected chi connectivity index (χ4v) is 4.84. The Morgan fingerprint density at radius 1 is 0.789 bits per heavy atom. The molecule has 0 saturated heterocycles. The van der Waals surface area contributed by atoms with Gasteiger partial charge in [-0.05, 0) is 59.0 Å². The number of aromatic nitrogens is 4. The monoisotopic (exact) mass is 496 g/mol. The summed E-state index contributed by atoms with van der Waals surface area (Å²) in [6.45, 7) is 6.66. The molecule has 186 valence electrons. The third-order valence-electron chi connectivity index (χ3n) is 6.84. The van der Waals surface area contributed by atoms with Crippen molar-refractivity contribution < 1.29 is 0 Å². The van der Waals surface area contributed by atoms with Gasteiger partial charge in [-0.1, -0.05) is 63.2 Å². The van der Waals surface area contributed by atoms with Crippen molar-refractivity contribution in [1.82, 2.24) is 19.5 Å². The molecule has 0 amide bonds. The van der Waals surface area contributed by atoms with Gasteiger partial charge < -0.3 is 4.98 Å². The summed E-state index contributed by atoms with van der Waals surface area (Å²) in [5, 5.41) is 0. The lowest BCUT2D eigenvalue weighted by Gasteiger charge is -2.21. The van der Waals surface area contributed by atoms with Gasteiger partial charge in [-0.3, -0.25) is 14.3 Å². The Balaban J connectivity index is 1.66. The van der Waals surface area contributed by atoms with E-state index in [0.717, 1.165) is 39.1 Å². The molecule has 0 radical (unpaired) electrons. The van der Waals surface area contributed by atoms with Gasteiger partial charge in [0.1, 0.15) is 0 Å². The maximum Gasteiger partial charge on any atom is 0.192 e. The van der Waals surface area contributed by atoms with Gasteiger partial charge in [0.2, 0.25) is 0 Å². The van der Waals surface area contributed by atoms with Crippen molar-refractivity contribution in [2.24, 2.45) is 0 Å². The van der Waals surface area contributed by atoms with E-state index in [2.05, 4.69) is 71.7 Å². The van der Waals surface area contributed by atoms with Gasteiger partial charge in [0.05, 0.1) is 22.3 Å². The largest absolute Gasteiger partial charge is 0.367 e. The van der Waals surface area contributed by atoms with Gasteiger partial charge in [0, 0.05) is 41.5 Å². The fourth-order valence-electron chi connectivity index (χ4n) is 4.84. The first-order chi connectivity index (χ1) is 18.4. The molecule has 0 bridgehead atoms. The van der Waals surface area contributed by atoms with Crippen molar-refractivity contribution >= 4 is 11.0 Å². The van der Waals surface area contributed by atoms with Crippen LogP contribution in [0.1, 0.15) is 26.3 Å². The average Bonchev–Trinajstić information content (AvgIpc) is 3.33. The Labute approximate surface area is 221 Å². The van der Waals surface area contributed by atoms with Crippen molar-refractivity contribution in [3.8, 4) is 39.5 Å². The number of hydrogen-bond donors (Lipinski definition) is 1. The Morgan fingerprint density at radius 3 is 2.32 bits per heavy atom. The van der Waals surface area contributed by atoms with Gasteiger partial charge in [0.25, 0.3) is 0 Å². The van der Waals surface area contributed by atoms with Crippen LogP contribution >= 0.6 is 0 Å². The first-order valence-electron chi connectivity index (χ1n) is 12.7. The van der Waals surface area contributed by atoms with Crippen LogP contribution in [-0.2, 0) is 5.41 Å². The van der Waals surface area contributed by atoms with Crippen molar-refractivity contribution in [2.45, 2.75) is 26.2 Å². The Bertz CT molecular complexity index is 1810. The number of benzene rings is 3. The number of nitrogens with one attached hydrogen (secondary N) is 1. The number of hydrogen-bond acceptors (Lipinski definition) is 3. The quantitative estimate of drug-likeness (QED) is 0.276. The number of fused-ring (bicyclic) bond motifs is 1. The van der Waals surface area contributed by atoms with E-state index in [1.165, 1.54) is 11.6 Å². The fraction of sp³-hybridized carbons (Fsp3) is 0.121. The second-order valence-corrected chi connectivity index (χ2v) is 10.5. The first kappa shape index (κ1) is 23.6. The van der Waals surface area contributed by atoms with Crippen molar-refractivity contribution in [3.63, 3.8) is 0 Å². The number of aromatic amines is 1. The number of nitrogens with zero attached hydrogens (tertiary/aromatic N) is 3. The average molecular weight is 497 g/mol. The lowest BCUT2D eigenvalue weighted by atomic mass is 9.83. The normalized spacial score (nSPS) is 11.7. The molecule has 5 nitrogen and oxygen atoms in total. The number of para-hydroxylation sites is 2. The van der Waals surface area contributed by atoms with E-state index in [-0.39, 0.29) is 10.8 Å². The Hall–Kier alpha value is -4.77. The van der Waals surface area contributed by atoms with Crippen molar-refractivity contribution in [2.75, 3.05) is 0 Å². The predicted octanol–water partition coefficient (Wildman–Crippen LogP) is 7.41. The predicted molar refractivity (Wildman–Crippen MR) is 154 cm³/mol. The van der Waals surface area contributed by atoms with E-state index >= 15 is 0 Å². The Morgan fingerprint density at radius 2 is 1.58 bits per heavy atom. The molecule has 0 spiro atoms. The molecule has 3 heterocycles. The number of pyridine rings is 2. The molecular formula is C33H28N4O. The van der Waals surface area contributed by atoms with Crippen LogP contribution < -0.4 is 5.43 Å². The SMILES string of the molecule is CC(C)(C)c1cc(-c2ccccn2)cc(-c2cccc3c2nc(-c2c[nH]ccc2=O)n3-c2ccccc2)c1. The molecule has 0 fully saturated rings. The van der Waals surface area contributed by atoms with E-state index in [0.29, 0.717) is 11.4 Å². The molecule has 0 atom stereocenters.